The molecule has 0 rings (SSSR count). The molecule has 0 aromatic carbocycles. The Morgan fingerprint density at radius 1 is 1.18 bits per heavy atom. The van der Waals surface area contributed by atoms with Gasteiger partial charge in [-0.2, -0.15) is 11.8 Å². The van der Waals surface area contributed by atoms with Crippen LogP contribution in [0.5, 0.6) is 0 Å². The van der Waals surface area contributed by atoms with Gasteiger partial charge in [0.25, 0.3) is 0 Å². The second kappa shape index (κ2) is 5.90. The quantitative estimate of drug-likeness (QED) is 0.650. The molecule has 0 heterocycles. The van der Waals surface area contributed by atoms with Crippen molar-refractivity contribution in [1.82, 2.24) is 0 Å². The van der Waals surface area contributed by atoms with Crippen LogP contribution in [0.1, 0.15) is 33.6 Å². The molecule has 0 atom stereocenters. The fraction of sp³-hybridized carbons (Fsp3) is 1.00. The summed E-state index contributed by atoms with van der Waals surface area (Å²) >= 11 is 1.97. The zero-order valence-electron chi connectivity index (χ0n) is 8.02. The fourth-order valence-corrected chi connectivity index (χ4v) is 1.61. The SMILES string of the molecule is CC(C)(C)CCCSCCN. The van der Waals surface area contributed by atoms with E-state index in [1.165, 1.54) is 18.6 Å². The summed E-state index contributed by atoms with van der Waals surface area (Å²) in [6.07, 6.45) is 2.65. The first-order chi connectivity index (χ1) is 5.06. The lowest BCUT2D eigenvalue weighted by Crippen LogP contribution is -2.06. The lowest BCUT2D eigenvalue weighted by molar-refractivity contribution is 0.375. The van der Waals surface area contributed by atoms with E-state index in [0.717, 1.165) is 12.3 Å². The number of thioether (sulfide) groups is 1. The van der Waals surface area contributed by atoms with E-state index in [4.69, 9.17) is 5.73 Å². The maximum absolute atomic E-state index is 5.38. The minimum absolute atomic E-state index is 0.503. The molecule has 0 unspecified atom stereocenters. The summed E-state index contributed by atoms with van der Waals surface area (Å²) in [6.45, 7) is 7.70. The highest BCUT2D eigenvalue weighted by atomic mass is 32.2. The zero-order chi connectivity index (χ0) is 8.74. The van der Waals surface area contributed by atoms with Crippen LogP contribution in [0.3, 0.4) is 0 Å². The summed E-state index contributed by atoms with van der Waals surface area (Å²) < 4.78 is 0. The molecule has 0 spiro atoms. The van der Waals surface area contributed by atoms with Crippen molar-refractivity contribution in [3.63, 3.8) is 0 Å². The Labute approximate surface area is 75.1 Å². The van der Waals surface area contributed by atoms with Gasteiger partial charge >= 0.3 is 0 Å². The van der Waals surface area contributed by atoms with Crippen LogP contribution in [0.15, 0.2) is 0 Å². The Balaban J connectivity index is 3.02. The molecule has 2 N–H and O–H groups in total. The molecule has 68 valence electrons. The van der Waals surface area contributed by atoms with Crippen molar-refractivity contribution in [3.05, 3.63) is 0 Å². The molecule has 0 amide bonds. The van der Waals surface area contributed by atoms with Gasteiger partial charge in [0.05, 0.1) is 0 Å². The molecule has 0 saturated carbocycles. The second-order valence-corrected chi connectivity index (χ2v) is 5.29. The van der Waals surface area contributed by atoms with Crippen LogP contribution < -0.4 is 5.73 Å². The van der Waals surface area contributed by atoms with E-state index < -0.39 is 0 Å². The molecule has 0 aromatic heterocycles. The monoisotopic (exact) mass is 175 g/mol. The van der Waals surface area contributed by atoms with E-state index in [1.807, 2.05) is 11.8 Å². The first kappa shape index (κ1) is 11.3. The van der Waals surface area contributed by atoms with E-state index in [2.05, 4.69) is 20.8 Å². The number of hydrogen-bond acceptors (Lipinski definition) is 2. The maximum atomic E-state index is 5.38. The maximum Gasteiger partial charge on any atom is 0.00558 e. The van der Waals surface area contributed by atoms with Gasteiger partial charge in [-0.05, 0) is 24.0 Å². The molecule has 0 aliphatic carbocycles. The van der Waals surface area contributed by atoms with Crippen LogP contribution in [0.2, 0.25) is 0 Å². The molecule has 11 heavy (non-hydrogen) atoms. The Bertz CT molecular complexity index is 86.1. The summed E-state index contributed by atoms with van der Waals surface area (Å²) in [5, 5.41) is 0. The van der Waals surface area contributed by atoms with Crippen molar-refractivity contribution in [2.24, 2.45) is 11.1 Å². The Kier molecular flexibility index (Phi) is 6.06. The molecule has 0 radical (unpaired) electrons. The van der Waals surface area contributed by atoms with Gasteiger partial charge in [-0.25, -0.2) is 0 Å². The third-order valence-corrected chi connectivity index (χ3v) is 2.58. The topological polar surface area (TPSA) is 26.0 Å². The first-order valence-corrected chi connectivity index (χ1v) is 5.49. The minimum Gasteiger partial charge on any atom is -0.330 e. The molecule has 1 nitrogen and oxygen atoms in total. The second-order valence-electron chi connectivity index (χ2n) is 4.07. The highest BCUT2D eigenvalue weighted by molar-refractivity contribution is 7.99. The predicted molar refractivity (Wildman–Crippen MR) is 55.1 cm³/mol. The first-order valence-electron chi connectivity index (χ1n) is 4.34. The van der Waals surface area contributed by atoms with Gasteiger partial charge in [0.15, 0.2) is 0 Å². The lowest BCUT2D eigenvalue weighted by atomic mass is 9.91. The van der Waals surface area contributed by atoms with Crippen molar-refractivity contribution in [1.29, 1.82) is 0 Å². The fourth-order valence-electron chi connectivity index (χ4n) is 0.890. The van der Waals surface area contributed by atoms with E-state index in [1.54, 1.807) is 0 Å². The van der Waals surface area contributed by atoms with Crippen LogP contribution in [0.25, 0.3) is 0 Å². The van der Waals surface area contributed by atoms with Crippen LogP contribution in [0, 0.1) is 5.41 Å². The van der Waals surface area contributed by atoms with Gasteiger partial charge in [-0.3, -0.25) is 0 Å². The summed E-state index contributed by atoms with van der Waals surface area (Å²) in [5.41, 5.74) is 5.88. The van der Waals surface area contributed by atoms with Gasteiger partial charge in [0, 0.05) is 12.3 Å². The van der Waals surface area contributed by atoms with Crippen LogP contribution in [-0.2, 0) is 0 Å². The third kappa shape index (κ3) is 10.3. The molecule has 2 heteroatoms. The molecular weight excluding hydrogens is 154 g/mol. The van der Waals surface area contributed by atoms with Crippen LogP contribution in [0.4, 0.5) is 0 Å². The van der Waals surface area contributed by atoms with E-state index in [0.29, 0.717) is 5.41 Å². The smallest absolute Gasteiger partial charge is 0.00558 e. The molecule has 0 saturated heterocycles. The zero-order valence-corrected chi connectivity index (χ0v) is 8.84. The van der Waals surface area contributed by atoms with Crippen molar-refractivity contribution in [2.45, 2.75) is 33.6 Å². The number of hydrogen-bond donors (Lipinski definition) is 1. The Hall–Kier alpha value is 0.310. The van der Waals surface area contributed by atoms with Crippen LogP contribution >= 0.6 is 11.8 Å². The van der Waals surface area contributed by atoms with Gasteiger partial charge in [0.2, 0.25) is 0 Å². The summed E-state index contributed by atoms with van der Waals surface area (Å²) in [6, 6.07) is 0. The standard InChI is InChI=1S/C9H21NS/c1-9(2,3)5-4-7-11-8-6-10/h4-8,10H2,1-3H3. The van der Waals surface area contributed by atoms with Gasteiger partial charge in [0.1, 0.15) is 0 Å². The van der Waals surface area contributed by atoms with Crippen molar-refractivity contribution in [2.75, 3.05) is 18.1 Å². The molecule has 0 fully saturated rings. The normalized spacial score (nSPS) is 12.0. The van der Waals surface area contributed by atoms with Crippen LogP contribution in [-0.4, -0.2) is 18.1 Å². The minimum atomic E-state index is 0.503. The number of rotatable bonds is 5. The molecule has 0 aliphatic heterocycles. The van der Waals surface area contributed by atoms with E-state index in [9.17, 15) is 0 Å². The Morgan fingerprint density at radius 2 is 1.82 bits per heavy atom. The average molecular weight is 175 g/mol. The van der Waals surface area contributed by atoms with E-state index in [-0.39, 0.29) is 0 Å². The van der Waals surface area contributed by atoms with E-state index >= 15 is 0 Å². The van der Waals surface area contributed by atoms with Crippen molar-refractivity contribution < 1.29 is 0 Å². The molecular formula is C9H21NS. The van der Waals surface area contributed by atoms with Crippen molar-refractivity contribution >= 4 is 11.8 Å². The molecule has 0 aromatic rings. The average Bonchev–Trinajstić information content (AvgIpc) is 1.85. The summed E-state index contributed by atoms with van der Waals surface area (Å²) in [5.74, 6) is 2.39. The largest absolute Gasteiger partial charge is 0.330 e. The Morgan fingerprint density at radius 3 is 2.27 bits per heavy atom. The molecule has 0 aliphatic rings. The highest BCUT2D eigenvalue weighted by Crippen LogP contribution is 2.21. The van der Waals surface area contributed by atoms with Crippen molar-refractivity contribution in [3.8, 4) is 0 Å². The number of nitrogens with two attached hydrogens (primary N) is 1. The van der Waals surface area contributed by atoms with Gasteiger partial charge in [-0.15, -0.1) is 0 Å². The highest BCUT2D eigenvalue weighted by Gasteiger charge is 2.08. The predicted octanol–water partition coefficient (Wildman–Crippen LogP) is 2.50. The lowest BCUT2D eigenvalue weighted by Gasteiger charge is -2.17. The molecule has 0 bridgehead atoms. The summed E-state index contributed by atoms with van der Waals surface area (Å²) in [7, 11) is 0. The third-order valence-electron chi connectivity index (χ3n) is 1.48. The summed E-state index contributed by atoms with van der Waals surface area (Å²) in [4.78, 5) is 0. The van der Waals surface area contributed by atoms with Gasteiger partial charge in [-0.1, -0.05) is 20.8 Å². The van der Waals surface area contributed by atoms with Gasteiger partial charge < -0.3 is 5.73 Å².